The van der Waals surface area contributed by atoms with Crippen molar-refractivity contribution < 1.29 is 33.0 Å². The standard InChI is InChI=1S/C26H25BrFN3O6/c1-2-36-21-12-15(11-19-24(33)30-26(35)31(25(19)34)18-5-3-4-6-18)20(27)13-22(21)37-14-23(32)29-17-9-7-16(28)8-10-17/h7-13,18H,2-6,14H2,1H3,(H,29,32)(H,30,33,35)/b19-11+. The van der Waals surface area contributed by atoms with Gasteiger partial charge in [0.15, 0.2) is 18.1 Å². The van der Waals surface area contributed by atoms with Gasteiger partial charge in [-0.25, -0.2) is 9.18 Å². The van der Waals surface area contributed by atoms with E-state index in [0.29, 0.717) is 40.9 Å². The van der Waals surface area contributed by atoms with Gasteiger partial charge in [-0.2, -0.15) is 0 Å². The zero-order valence-corrected chi connectivity index (χ0v) is 21.6. The quantitative estimate of drug-likeness (QED) is 0.357. The molecule has 194 valence electrons. The lowest BCUT2D eigenvalue weighted by molar-refractivity contribution is -0.131. The second kappa shape index (κ2) is 11.5. The minimum Gasteiger partial charge on any atom is -0.490 e. The molecule has 0 bridgehead atoms. The monoisotopic (exact) mass is 573 g/mol. The van der Waals surface area contributed by atoms with Crippen LogP contribution in [0.4, 0.5) is 14.9 Å². The zero-order chi connectivity index (χ0) is 26.5. The van der Waals surface area contributed by atoms with E-state index >= 15 is 0 Å². The molecule has 0 spiro atoms. The van der Waals surface area contributed by atoms with Crippen molar-refractivity contribution in [3.63, 3.8) is 0 Å². The van der Waals surface area contributed by atoms with Crippen LogP contribution >= 0.6 is 15.9 Å². The van der Waals surface area contributed by atoms with Gasteiger partial charge in [-0.3, -0.25) is 24.6 Å². The Morgan fingerprint density at radius 1 is 1.14 bits per heavy atom. The molecule has 2 N–H and O–H groups in total. The van der Waals surface area contributed by atoms with E-state index in [1.54, 1.807) is 19.1 Å². The number of anilines is 1. The highest BCUT2D eigenvalue weighted by Gasteiger charge is 2.40. The van der Waals surface area contributed by atoms with Crippen molar-refractivity contribution >= 4 is 51.4 Å². The van der Waals surface area contributed by atoms with Crippen molar-refractivity contribution in [1.82, 2.24) is 10.2 Å². The number of nitrogens with zero attached hydrogens (tertiary/aromatic N) is 1. The fraction of sp³-hybridized carbons (Fsp3) is 0.308. The number of imide groups is 2. The predicted octanol–water partition coefficient (Wildman–Crippen LogP) is 4.41. The van der Waals surface area contributed by atoms with E-state index in [1.165, 1.54) is 30.3 Å². The largest absolute Gasteiger partial charge is 0.490 e. The maximum atomic E-state index is 13.1. The zero-order valence-electron chi connectivity index (χ0n) is 20.0. The van der Waals surface area contributed by atoms with E-state index < -0.39 is 29.6 Å². The van der Waals surface area contributed by atoms with Crippen molar-refractivity contribution in [2.75, 3.05) is 18.5 Å². The fourth-order valence-electron chi connectivity index (χ4n) is 4.24. The maximum absolute atomic E-state index is 13.1. The fourth-order valence-corrected chi connectivity index (χ4v) is 4.67. The van der Waals surface area contributed by atoms with Crippen LogP contribution in [0.25, 0.3) is 6.08 Å². The molecule has 0 radical (unpaired) electrons. The molecule has 1 saturated heterocycles. The second-order valence-electron chi connectivity index (χ2n) is 8.53. The first-order chi connectivity index (χ1) is 17.8. The van der Waals surface area contributed by atoms with Crippen molar-refractivity contribution in [1.29, 1.82) is 0 Å². The SMILES string of the molecule is CCOc1cc(/C=C2\C(=O)NC(=O)N(C3CCCC3)C2=O)c(Br)cc1OCC(=O)Nc1ccc(F)cc1. The Kier molecular flexibility index (Phi) is 8.22. The maximum Gasteiger partial charge on any atom is 0.331 e. The molecule has 11 heteroatoms. The van der Waals surface area contributed by atoms with Gasteiger partial charge in [0.2, 0.25) is 0 Å². The number of ether oxygens (including phenoxy) is 2. The Morgan fingerprint density at radius 2 is 1.81 bits per heavy atom. The molecule has 37 heavy (non-hydrogen) atoms. The van der Waals surface area contributed by atoms with Gasteiger partial charge < -0.3 is 14.8 Å². The Balaban J connectivity index is 1.54. The number of barbiturate groups is 1. The predicted molar refractivity (Wildman–Crippen MR) is 136 cm³/mol. The topological polar surface area (TPSA) is 114 Å². The number of rotatable bonds is 8. The normalized spacial score (nSPS) is 17.2. The highest BCUT2D eigenvalue weighted by molar-refractivity contribution is 9.10. The molecule has 2 aliphatic rings. The molecular formula is C26H25BrFN3O6. The van der Waals surface area contributed by atoms with E-state index in [2.05, 4.69) is 26.6 Å². The molecular weight excluding hydrogens is 549 g/mol. The van der Waals surface area contributed by atoms with E-state index in [4.69, 9.17) is 9.47 Å². The highest BCUT2D eigenvalue weighted by atomic mass is 79.9. The molecule has 5 amide bonds. The summed E-state index contributed by atoms with van der Waals surface area (Å²) in [5.41, 5.74) is 0.705. The van der Waals surface area contributed by atoms with E-state index in [-0.39, 0.29) is 24.0 Å². The molecule has 2 aromatic rings. The van der Waals surface area contributed by atoms with Crippen LogP contribution in [0.1, 0.15) is 38.2 Å². The summed E-state index contributed by atoms with van der Waals surface area (Å²) < 4.78 is 24.8. The van der Waals surface area contributed by atoms with Gasteiger partial charge in [0.1, 0.15) is 11.4 Å². The van der Waals surface area contributed by atoms with Gasteiger partial charge in [-0.05, 0) is 67.8 Å². The van der Waals surface area contributed by atoms with Crippen molar-refractivity contribution in [3.8, 4) is 11.5 Å². The Labute approximate surface area is 221 Å². The third kappa shape index (κ3) is 6.16. The molecule has 1 heterocycles. The number of carbonyl (C=O) groups is 4. The third-order valence-electron chi connectivity index (χ3n) is 5.97. The lowest BCUT2D eigenvalue weighted by Crippen LogP contribution is -2.57. The summed E-state index contributed by atoms with van der Waals surface area (Å²) in [6, 6.07) is 7.53. The number of carbonyl (C=O) groups excluding carboxylic acids is 4. The van der Waals surface area contributed by atoms with Crippen LogP contribution in [-0.4, -0.2) is 47.9 Å². The molecule has 2 fully saturated rings. The molecule has 0 unspecified atom stereocenters. The first kappa shape index (κ1) is 26.3. The number of benzene rings is 2. The van der Waals surface area contributed by atoms with Crippen LogP contribution in [0.5, 0.6) is 11.5 Å². The minimum atomic E-state index is -0.771. The second-order valence-corrected chi connectivity index (χ2v) is 9.38. The lowest BCUT2D eigenvalue weighted by Gasteiger charge is -2.31. The first-order valence-electron chi connectivity index (χ1n) is 11.8. The summed E-state index contributed by atoms with van der Waals surface area (Å²) in [5.74, 6) is -1.74. The lowest BCUT2D eigenvalue weighted by atomic mass is 10.0. The number of halogens is 2. The highest BCUT2D eigenvalue weighted by Crippen LogP contribution is 2.36. The summed E-state index contributed by atoms with van der Waals surface area (Å²) in [5, 5.41) is 4.86. The van der Waals surface area contributed by atoms with Gasteiger partial charge in [0, 0.05) is 16.2 Å². The smallest absolute Gasteiger partial charge is 0.331 e. The number of nitrogens with one attached hydrogen (secondary N) is 2. The molecule has 1 aliphatic carbocycles. The van der Waals surface area contributed by atoms with Crippen LogP contribution in [0.3, 0.4) is 0 Å². The summed E-state index contributed by atoms with van der Waals surface area (Å²) in [7, 11) is 0. The number of urea groups is 1. The van der Waals surface area contributed by atoms with E-state index in [1.807, 2.05) is 0 Å². The van der Waals surface area contributed by atoms with Gasteiger partial charge in [0.05, 0.1) is 6.61 Å². The summed E-state index contributed by atoms with van der Waals surface area (Å²) in [6.07, 6.45) is 4.64. The van der Waals surface area contributed by atoms with E-state index in [0.717, 1.165) is 17.7 Å². The van der Waals surface area contributed by atoms with E-state index in [9.17, 15) is 23.6 Å². The van der Waals surface area contributed by atoms with Crippen LogP contribution in [-0.2, 0) is 14.4 Å². The number of hydrogen-bond donors (Lipinski definition) is 2. The molecule has 4 rings (SSSR count). The minimum absolute atomic E-state index is 0.165. The summed E-state index contributed by atoms with van der Waals surface area (Å²) in [6.45, 7) is 1.72. The first-order valence-corrected chi connectivity index (χ1v) is 12.6. The molecule has 2 aromatic carbocycles. The van der Waals surface area contributed by atoms with Crippen molar-refractivity contribution in [2.24, 2.45) is 0 Å². The van der Waals surface area contributed by atoms with Crippen LogP contribution < -0.4 is 20.1 Å². The van der Waals surface area contributed by atoms with Crippen molar-refractivity contribution in [2.45, 2.75) is 38.6 Å². The number of amides is 5. The average molecular weight is 574 g/mol. The molecule has 0 aromatic heterocycles. The van der Waals surface area contributed by atoms with Crippen LogP contribution in [0.15, 0.2) is 46.4 Å². The summed E-state index contributed by atoms with van der Waals surface area (Å²) in [4.78, 5) is 51.4. The van der Waals surface area contributed by atoms with Crippen LogP contribution in [0.2, 0.25) is 0 Å². The molecule has 1 saturated carbocycles. The van der Waals surface area contributed by atoms with Gasteiger partial charge in [-0.1, -0.05) is 28.8 Å². The van der Waals surface area contributed by atoms with Gasteiger partial charge in [-0.15, -0.1) is 0 Å². The van der Waals surface area contributed by atoms with Gasteiger partial charge >= 0.3 is 6.03 Å². The number of hydrogen-bond acceptors (Lipinski definition) is 6. The Bertz CT molecular complexity index is 1260. The molecule has 0 atom stereocenters. The molecule has 1 aliphatic heterocycles. The van der Waals surface area contributed by atoms with Gasteiger partial charge in [0.25, 0.3) is 17.7 Å². The Hall–Kier alpha value is -3.73. The summed E-state index contributed by atoms with van der Waals surface area (Å²) >= 11 is 3.42. The molecule has 9 nitrogen and oxygen atoms in total. The average Bonchev–Trinajstić information content (AvgIpc) is 3.38. The van der Waals surface area contributed by atoms with Crippen LogP contribution in [0, 0.1) is 5.82 Å². The third-order valence-corrected chi connectivity index (χ3v) is 6.66. The van der Waals surface area contributed by atoms with Crippen molar-refractivity contribution in [3.05, 3.63) is 57.8 Å². The Morgan fingerprint density at radius 3 is 2.49 bits per heavy atom.